The van der Waals surface area contributed by atoms with Crippen molar-refractivity contribution in [3.05, 3.63) is 70.4 Å². The van der Waals surface area contributed by atoms with Crippen LogP contribution >= 0.6 is 11.8 Å². The number of nitro benzene ring substituents is 1. The van der Waals surface area contributed by atoms with E-state index >= 15 is 0 Å². The van der Waals surface area contributed by atoms with Crippen molar-refractivity contribution in [1.29, 1.82) is 0 Å². The maximum absolute atomic E-state index is 12.8. The minimum atomic E-state index is -0.368. The lowest BCUT2D eigenvalue weighted by Gasteiger charge is -2.30. The Hall–Kier alpha value is -2.80. The fraction of sp³-hybridized carbons (Fsp3) is 0.348. The summed E-state index contributed by atoms with van der Waals surface area (Å²) in [6.07, 6.45) is 4.18. The van der Waals surface area contributed by atoms with Crippen molar-refractivity contribution in [2.45, 2.75) is 37.0 Å². The van der Waals surface area contributed by atoms with E-state index in [0.717, 1.165) is 47.3 Å². The molecule has 1 aliphatic rings. The average molecular weight is 424 g/mol. The number of likely N-dealkylation sites (tertiary alicyclic amines) is 1. The third-order valence-electron chi connectivity index (χ3n) is 5.71. The second-order valence-electron chi connectivity index (χ2n) is 7.92. The normalized spacial score (nSPS) is 14.9. The van der Waals surface area contributed by atoms with Gasteiger partial charge in [0.1, 0.15) is 6.54 Å². The van der Waals surface area contributed by atoms with Gasteiger partial charge in [-0.15, -0.1) is 11.8 Å². The highest BCUT2D eigenvalue weighted by molar-refractivity contribution is 7.98. The van der Waals surface area contributed by atoms with E-state index in [4.69, 9.17) is 0 Å². The molecule has 0 bridgehead atoms. The molecule has 1 saturated heterocycles. The largest absolute Gasteiger partial charge is 0.341 e. The van der Waals surface area contributed by atoms with E-state index in [1.54, 1.807) is 23.9 Å². The molecule has 1 aliphatic heterocycles. The molecule has 1 aromatic heterocycles. The van der Waals surface area contributed by atoms with Crippen LogP contribution in [-0.2, 0) is 17.1 Å². The van der Waals surface area contributed by atoms with Gasteiger partial charge < -0.3 is 9.47 Å². The molecule has 7 heteroatoms. The lowest BCUT2D eigenvalue weighted by atomic mass is 9.99. The third-order valence-corrected chi connectivity index (χ3v) is 6.82. The zero-order chi connectivity index (χ0) is 21.1. The molecule has 2 aromatic carbocycles. The summed E-state index contributed by atoms with van der Waals surface area (Å²) in [4.78, 5) is 26.5. The van der Waals surface area contributed by atoms with Crippen molar-refractivity contribution in [2.75, 3.05) is 13.1 Å². The Bertz CT molecular complexity index is 1070. The predicted molar refractivity (Wildman–Crippen MR) is 120 cm³/mol. The Morgan fingerprint density at radius 2 is 1.93 bits per heavy atom. The highest BCUT2D eigenvalue weighted by Crippen LogP contribution is 2.33. The smallest absolute Gasteiger partial charge is 0.269 e. The van der Waals surface area contributed by atoms with Gasteiger partial charge in [-0.2, -0.15) is 0 Å². The number of carbonyl (C=O) groups is 1. The number of para-hydroxylation sites is 1. The fourth-order valence-corrected chi connectivity index (χ4v) is 4.92. The van der Waals surface area contributed by atoms with Crippen molar-refractivity contribution in [1.82, 2.24) is 9.47 Å². The molecule has 1 amide bonds. The second kappa shape index (κ2) is 8.92. The first-order valence-electron chi connectivity index (χ1n) is 10.2. The van der Waals surface area contributed by atoms with Crippen LogP contribution in [0.1, 0.15) is 25.3 Å². The number of aromatic nitrogens is 1. The SMILES string of the molecule is CC1CCN(C(=O)Cn2cc(SCc3cccc([N+](=O)[O-])c3)c3ccccc32)CC1. The number of rotatable bonds is 6. The van der Waals surface area contributed by atoms with Gasteiger partial charge in [0.25, 0.3) is 5.69 Å². The molecule has 0 atom stereocenters. The van der Waals surface area contributed by atoms with E-state index in [9.17, 15) is 14.9 Å². The summed E-state index contributed by atoms with van der Waals surface area (Å²) in [6, 6.07) is 14.8. The number of hydrogen-bond acceptors (Lipinski definition) is 4. The Kier molecular flexibility index (Phi) is 6.08. The summed E-state index contributed by atoms with van der Waals surface area (Å²) in [5.74, 6) is 1.49. The molecule has 0 aliphatic carbocycles. The number of nitro groups is 1. The molecule has 1 fully saturated rings. The van der Waals surface area contributed by atoms with E-state index < -0.39 is 0 Å². The van der Waals surface area contributed by atoms with Crippen molar-refractivity contribution in [3.63, 3.8) is 0 Å². The second-order valence-corrected chi connectivity index (χ2v) is 8.93. The van der Waals surface area contributed by atoms with Crippen LogP contribution in [0, 0.1) is 16.0 Å². The number of fused-ring (bicyclic) bond motifs is 1. The van der Waals surface area contributed by atoms with Gasteiger partial charge in [0, 0.05) is 53.0 Å². The van der Waals surface area contributed by atoms with Gasteiger partial charge in [-0.25, -0.2) is 0 Å². The zero-order valence-corrected chi connectivity index (χ0v) is 17.8. The van der Waals surface area contributed by atoms with Gasteiger partial charge in [0.2, 0.25) is 5.91 Å². The molecule has 30 heavy (non-hydrogen) atoms. The van der Waals surface area contributed by atoms with E-state index in [1.807, 2.05) is 39.9 Å². The van der Waals surface area contributed by atoms with Crippen LogP contribution in [-0.4, -0.2) is 33.4 Å². The Morgan fingerprint density at radius 3 is 2.70 bits per heavy atom. The van der Waals surface area contributed by atoms with Crippen molar-refractivity contribution in [3.8, 4) is 0 Å². The number of piperidine rings is 1. The Labute approximate surface area is 180 Å². The molecule has 3 aromatic rings. The summed E-state index contributed by atoms with van der Waals surface area (Å²) in [5.41, 5.74) is 2.05. The van der Waals surface area contributed by atoms with Crippen molar-refractivity contribution in [2.24, 2.45) is 5.92 Å². The molecular formula is C23H25N3O3S. The van der Waals surface area contributed by atoms with Crippen LogP contribution in [0.4, 0.5) is 5.69 Å². The summed E-state index contributed by atoms with van der Waals surface area (Å²) < 4.78 is 2.03. The van der Waals surface area contributed by atoms with Gasteiger partial charge in [-0.1, -0.05) is 37.3 Å². The first-order valence-corrected chi connectivity index (χ1v) is 11.2. The Balaban J connectivity index is 1.51. The molecule has 0 unspecified atom stereocenters. The third kappa shape index (κ3) is 4.51. The highest BCUT2D eigenvalue weighted by Gasteiger charge is 2.21. The van der Waals surface area contributed by atoms with Crippen LogP contribution in [0.2, 0.25) is 0 Å². The molecule has 156 valence electrons. The van der Waals surface area contributed by atoms with Gasteiger partial charge >= 0.3 is 0 Å². The number of benzene rings is 2. The van der Waals surface area contributed by atoms with Crippen LogP contribution < -0.4 is 0 Å². The van der Waals surface area contributed by atoms with Gasteiger partial charge in [0.05, 0.1) is 4.92 Å². The van der Waals surface area contributed by atoms with E-state index in [2.05, 4.69) is 13.0 Å². The topological polar surface area (TPSA) is 68.4 Å². The van der Waals surface area contributed by atoms with Crippen LogP contribution in [0.15, 0.2) is 59.6 Å². The number of thioether (sulfide) groups is 1. The molecule has 0 radical (unpaired) electrons. The summed E-state index contributed by atoms with van der Waals surface area (Å²) in [7, 11) is 0. The number of hydrogen-bond donors (Lipinski definition) is 0. The van der Waals surface area contributed by atoms with E-state index in [1.165, 1.54) is 6.07 Å². The first kappa shape index (κ1) is 20.5. The van der Waals surface area contributed by atoms with Crippen molar-refractivity contribution >= 4 is 34.3 Å². The monoisotopic (exact) mass is 423 g/mol. The predicted octanol–water partition coefficient (Wildman–Crippen LogP) is 5.10. The maximum Gasteiger partial charge on any atom is 0.269 e. The molecule has 0 saturated carbocycles. The number of non-ortho nitro benzene ring substituents is 1. The highest BCUT2D eigenvalue weighted by atomic mass is 32.2. The van der Waals surface area contributed by atoms with Gasteiger partial charge in [-0.3, -0.25) is 14.9 Å². The molecule has 0 N–H and O–H groups in total. The number of nitrogens with zero attached hydrogens (tertiary/aromatic N) is 3. The summed E-state index contributed by atoms with van der Waals surface area (Å²) in [5, 5.41) is 12.1. The minimum absolute atomic E-state index is 0.108. The lowest BCUT2D eigenvalue weighted by Crippen LogP contribution is -2.39. The number of carbonyl (C=O) groups excluding carboxylic acids is 1. The van der Waals surface area contributed by atoms with Crippen LogP contribution in [0.25, 0.3) is 10.9 Å². The molecule has 6 nitrogen and oxygen atoms in total. The average Bonchev–Trinajstić information content (AvgIpc) is 3.10. The molecule has 4 rings (SSSR count). The fourth-order valence-electron chi connectivity index (χ4n) is 3.88. The standard InChI is InChI=1S/C23H25N3O3S/c1-17-9-11-24(12-10-17)23(27)15-25-14-22(20-7-2-3-8-21(20)25)30-16-18-5-4-6-19(13-18)26(28)29/h2-8,13-14,17H,9-12,15-16H2,1H3. The van der Waals surface area contributed by atoms with Gasteiger partial charge in [-0.05, 0) is 30.4 Å². The quantitative estimate of drug-likeness (QED) is 0.314. The van der Waals surface area contributed by atoms with Crippen molar-refractivity contribution < 1.29 is 9.72 Å². The zero-order valence-electron chi connectivity index (χ0n) is 17.0. The molecular weight excluding hydrogens is 398 g/mol. The molecule has 0 spiro atoms. The van der Waals surface area contributed by atoms with Crippen LogP contribution in [0.5, 0.6) is 0 Å². The summed E-state index contributed by atoms with van der Waals surface area (Å²) >= 11 is 1.64. The van der Waals surface area contributed by atoms with E-state index in [0.29, 0.717) is 18.2 Å². The minimum Gasteiger partial charge on any atom is -0.341 e. The number of amides is 1. The van der Waals surface area contributed by atoms with Crippen LogP contribution in [0.3, 0.4) is 0 Å². The Morgan fingerprint density at radius 1 is 1.17 bits per heavy atom. The van der Waals surface area contributed by atoms with Gasteiger partial charge in [0.15, 0.2) is 0 Å². The maximum atomic E-state index is 12.8. The first-order chi connectivity index (χ1) is 14.5. The summed E-state index contributed by atoms with van der Waals surface area (Å²) in [6.45, 7) is 4.26. The van der Waals surface area contributed by atoms with E-state index in [-0.39, 0.29) is 16.5 Å². The lowest BCUT2D eigenvalue weighted by molar-refractivity contribution is -0.384. The molecule has 2 heterocycles.